The van der Waals surface area contributed by atoms with Crippen molar-refractivity contribution in [3.8, 4) is 0 Å². The van der Waals surface area contributed by atoms with E-state index in [0.29, 0.717) is 17.1 Å². The summed E-state index contributed by atoms with van der Waals surface area (Å²) >= 11 is 0. The second-order valence-electron chi connectivity index (χ2n) is 6.84. The van der Waals surface area contributed by atoms with E-state index in [1.165, 1.54) is 6.42 Å². The molecule has 132 valence electrons. The molecule has 1 fully saturated rings. The average molecular weight is 347 g/mol. The molecule has 0 aliphatic heterocycles. The van der Waals surface area contributed by atoms with Crippen LogP contribution in [-0.4, -0.2) is 21.7 Å². The minimum absolute atomic E-state index is 0.0318. The summed E-state index contributed by atoms with van der Waals surface area (Å²) in [5, 5.41) is 2.89. The number of imidazole rings is 1. The van der Waals surface area contributed by atoms with Crippen molar-refractivity contribution in [3.63, 3.8) is 0 Å². The number of hydrogen-bond donors (Lipinski definition) is 2. The Bertz CT molecular complexity index is 940. The van der Waals surface area contributed by atoms with E-state index in [9.17, 15) is 9.59 Å². The maximum Gasteiger partial charge on any atom is 0.229 e. The van der Waals surface area contributed by atoms with Crippen LogP contribution in [0.4, 0.5) is 5.95 Å². The zero-order chi connectivity index (χ0) is 17.9. The minimum Gasteiger partial charge on any atom is -0.324 e. The third kappa shape index (κ3) is 3.38. The summed E-state index contributed by atoms with van der Waals surface area (Å²) in [5.74, 6) is 0.520. The summed E-state index contributed by atoms with van der Waals surface area (Å²) in [7, 11) is 0. The zero-order valence-corrected chi connectivity index (χ0v) is 14.5. The molecule has 2 aromatic carbocycles. The van der Waals surface area contributed by atoms with Crippen LogP contribution in [0.2, 0.25) is 0 Å². The molecule has 1 aliphatic carbocycles. The van der Waals surface area contributed by atoms with Crippen molar-refractivity contribution in [2.24, 2.45) is 5.92 Å². The van der Waals surface area contributed by atoms with E-state index in [1.54, 1.807) is 30.3 Å². The van der Waals surface area contributed by atoms with Crippen molar-refractivity contribution in [1.82, 2.24) is 9.97 Å². The molecule has 0 spiro atoms. The van der Waals surface area contributed by atoms with Gasteiger partial charge in [0.1, 0.15) is 0 Å². The van der Waals surface area contributed by atoms with Gasteiger partial charge in [0.2, 0.25) is 11.9 Å². The molecule has 1 aromatic heterocycles. The number of benzene rings is 2. The van der Waals surface area contributed by atoms with Crippen LogP contribution in [0, 0.1) is 5.92 Å². The number of fused-ring (bicyclic) bond motifs is 1. The number of amides is 1. The third-order valence-corrected chi connectivity index (χ3v) is 5.00. The van der Waals surface area contributed by atoms with Gasteiger partial charge in [0.05, 0.1) is 11.0 Å². The highest BCUT2D eigenvalue weighted by Gasteiger charge is 2.22. The molecule has 1 aliphatic rings. The quantitative estimate of drug-likeness (QED) is 0.691. The molecule has 1 saturated carbocycles. The molecule has 3 aromatic rings. The predicted molar refractivity (Wildman–Crippen MR) is 101 cm³/mol. The SMILES string of the molecule is O=C(c1ccccc1)c1ccc2nc(NC(=O)C3CCCCC3)[nH]c2c1. The van der Waals surface area contributed by atoms with Crippen LogP contribution in [0.15, 0.2) is 48.5 Å². The molecule has 0 bridgehead atoms. The van der Waals surface area contributed by atoms with Gasteiger partial charge in [0, 0.05) is 17.0 Å². The van der Waals surface area contributed by atoms with Gasteiger partial charge in [0.15, 0.2) is 5.78 Å². The van der Waals surface area contributed by atoms with Crippen LogP contribution < -0.4 is 5.32 Å². The highest BCUT2D eigenvalue weighted by atomic mass is 16.2. The normalized spacial score (nSPS) is 15.1. The maximum absolute atomic E-state index is 12.6. The Morgan fingerprint density at radius 1 is 0.962 bits per heavy atom. The van der Waals surface area contributed by atoms with E-state index in [1.807, 2.05) is 18.2 Å². The Hall–Kier alpha value is -2.95. The Morgan fingerprint density at radius 2 is 1.73 bits per heavy atom. The van der Waals surface area contributed by atoms with Crippen molar-refractivity contribution in [2.45, 2.75) is 32.1 Å². The largest absolute Gasteiger partial charge is 0.324 e. The van der Waals surface area contributed by atoms with Gasteiger partial charge in [-0.1, -0.05) is 49.6 Å². The van der Waals surface area contributed by atoms with Crippen molar-refractivity contribution in [1.29, 1.82) is 0 Å². The number of nitrogens with one attached hydrogen (secondary N) is 2. The number of ketones is 1. The van der Waals surface area contributed by atoms with Gasteiger partial charge in [-0.25, -0.2) is 4.98 Å². The van der Waals surface area contributed by atoms with Gasteiger partial charge in [-0.2, -0.15) is 0 Å². The molecule has 0 radical (unpaired) electrons. The molecule has 26 heavy (non-hydrogen) atoms. The molecule has 0 unspecified atom stereocenters. The molecule has 4 rings (SSSR count). The summed E-state index contributed by atoms with van der Waals surface area (Å²) in [6, 6.07) is 14.5. The van der Waals surface area contributed by atoms with Crippen LogP contribution in [0.25, 0.3) is 11.0 Å². The lowest BCUT2D eigenvalue weighted by molar-refractivity contribution is -0.120. The summed E-state index contributed by atoms with van der Waals surface area (Å²) in [6.07, 6.45) is 5.34. The number of aromatic nitrogens is 2. The van der Waals surface area contributed by atoms with Crippen LogP contribution >= 0.6 is 0 Å². The lowest BCUT2D eigenvalue weighted by Gasteiger charge is -2.19. The zero-order valence-electron chi connectivity index (χ0n) is 14.5. The van der Waals surface area contributed by atoms with E-state index < -0.39 is 0 Å². The number of anilines is 1. The summed E-state index contributed by atoms with van der Waals surface area (Å²) in [6.45, 7) is 0. The lowest BCUT2D eigenvalue weighted by Crippen LogP contribution is -2.25. The Kier molecular flexibility index (Phi) is 4.52. The van der Waals surface area contributed by atoms with Crippen molar-refractivity contribution < 1.29 is 9.59 Å². The van der Waals surface area contributed by atoms with Crippen LogP contribution in [-0.2, 0) is 4.79 Å². The molecular formula is C21H21N3O2. The first-order valence-electron chi connectivity index (χ1n) is 9.11. The highest BCUT2D eigenvalue weighted by molar-refractivity contribution is 6.10. The number of hydrogen-bond acceptors (Lipinski definition) is 3. The monoisotopic (exact) mass is 347 g/mol. The molecule has 0 atom stereocenters. The summed E-state index contributed by atoms with van der Waals surface area (Å²) in [5.41, 5.74) is 2.72. The lowest BCUT2D eigenvalue weighted by atomic mass is 9.89. The fraction of sp³-hybridized carbons (Fsp3) is 0.286. The molecule has 5 heteroatoms. The smallest absolute Gasteiger partial charge is 0.229 e. The molecule has 5 nitrogen and oxygen atoms in total. The second-order valence-corrected chi connectivity index (χ2v) is 6.84. The minimum atomic E-state index is -0.0325. The van der Waals surface area contributed by atoms with Gasteiger partial charge in [0.25, 0.3) is 0 Å². The topological polar surface area (TPSA) is 74.8 Å². The van der Waals surface area contributed by atoms with Crippen molar-refractivity contribution in [2.75, 3.05) is 5.32 Å². The first kappa shape index (κ1) is 16.5. The van der Waals surface area contributed by atoms with E-state index in [2.05, 4.69) is 15.3 Å². The van der Waals surface area contributed by atoms with Crippen LogP contribution in [0.3, 0.4) is 0 Å². The summed E-state index contributed by atoms with van der Waals surface area (Å²) < 4.78 is 0. The number of aromatic amines is 1. The van der Waals surface area contributed by atoms with Crippen LogP contribution in [0.1, 0.15) is 48.0 Å². The molecule has 1 amide bonds. The van der Waals surface area contributed by atoms with Gasteiger partial charge in [-0.15, -0.1) is 0 Å². The van der Waals surface area contributed by atoms with E-state index in [4.69, 9.17) is 0 Å². The van der Waals surface area contributed by atoms with Crippen LogP contribution in [0.5, 0.6) is 0 Å². The number of rotatable bonds is 4. The maximum atomic E-state index is 12.6. The first-order valence-corrected chi connectivity index (χ1v) is 9.11. The predicted octanol–water partition coefficient (Wildman–Crippen LogP) is 4.31. The van der Waals surface area contributed by atoms with Gasteiger partial charge < -0.3 is 4.98 Å². The Labute approximate surface area is 151 Å². The molecule has 1 heterocycles. The van der Waals surface area contributed by atoms with Crippen molar-refractivity contribution in [3.05, 3.63) is 59.7 Å². The molecule has 0 saturated heterocycles. The fourth-order valence-corrected chi connectivity index (χ4v) is 3.55. The first-order chi connectivity index (χ1) is 12.7. The second kappa shape index (κ2) is 7.12. The highest BCUT2D eigenvalue weighted by Crippen LogP contribution is 2.25. The van der Waals surface area contributed by atoms with Gasteiger partial charge >= 0.3 is 0 Å². The van der Waals surface area contributed by atoms with Gasteiger partial charge in [-0.3, -0.25) is 14.9 Å². The number of carbonyl (C=O) groups excluding carboxylic acids is 2. The Balaban J connectivity index is 1.54. The van der Waals surface area contributed by atoms with E-state index in [0.717, 1.165) is 36.7 Å². The van der Waals surface area contributed by atoms with Gasteiger partial charge in [-0.05, 0) is 31.0 Å². The molecular weight excluding hydrogens is 326 g/mol. The average Bonchev–Trinajstić information content (AvgIpc) is 3.10. The number of nitrogens with zero attached hydrogens (tertiary/aromatic N) is 1. The third-order valence-electron chi connectivity index (χ3n) is 5.00. The van der Waals surface area contributed by atoms with E-state index in [-0.39, 0.29) is 17.6 Å². The molecule has 2 N–H and O–H groups in total. The summed E-state index contributed by atoms with van der Waals surface area (Å²) in [4.78, 5) is 32.5. The fourth-order valence-electron chi connectivity index (χ4n) is 3.55. The van der Waals surface area contributed by atoms with Crippen molar-refractivity contribution >= 4 is 28.7 Å². The standard InChI is InChI=1S/C21H21N3O2/c25-19(14-7-3-1-4-8-14)16-11-12-17-18(13-16)23-21(22-17)24-20(26)15-9-5-2-6-10-15/h1,3-4,7-8,11-13,15H,2,5-6,9-10H2,(H2,22,23,24,26). The van der Waals surface area contributed by atoms with E-state index >= 15 is 0 Å². The number of carbonyl (C=O) groups is 2. The Morgan fingerprint density at radius 3 is 2.50 bits per heavy atom. The number of H-pyrrole nitrogens is 1.